The van der Waals surface area contributed by atoms with Gasteiger partial charge in [0.2, 0.25) is 0 Å². The monoisotopic (exact) mass is 306 g/mol. The highest BCUT2D eigenvalue weighted by atomic mass is 16.5. The average Bonchev–Trinajstić information content (AvgIpc) is 3.03. The first-order chi connectivity index (χ1) is 11.2. The molecule has 0 saturated carbocycles. The number of methoxy groups -OCH3 is 1. The van der Waals surface area contributed by atoms with Crippen LogP contribution in [-0.4, -0.2) is 23.4 Å². The van der Waals surface area contributed by atoms with E-state index in [9.17, 15) is 0 Å². The maximum Gasteiger partial charge on any atom is 0.120 e. The Morgan fingerprint density at radius 3 is 2.35 bits per heavy atom. The van der Waals surface area contributed by atoms with Crippen molar-refractivity contribution in [1.29, 1.82) is 0 Å². The van der Waals surface area contributed by atoms with Gasteiger partial charge >= 0.3 is 0 Å². The predicted octanol–water partition coefficient (Wildman–Crippen LogP) is 4.67. The first-order valence-corrected chi connectivity index (χ1v) is 7.70. The zero-order valence-corrected chi connectivity index (χ0v) is 13.4. The third-order valence-corrected chi connectivity index (χ3v) is 4.08. The van der Waals surface area contributed by atoms with Crippen molar-refractivity contribution in [2.24, 2.45) is 0 Å². The van der Waals surface area contributed by atoms with E-state index in [1.807, 2.05) is 32.2 Å². The van der Waals surface area contributed by atoms with Gasteiger partial charge in [-0.3, -0.25) is 5.10 Å². The lowest BCUT2D eigenvalue weighted by atomic mass is 9.98. The van der Waals surface area contributed by atoms with Crippen LogP contribution in [0.4, 0.5) is 0 Å². The van der Waals surface area contributed by atoms with Gasteiger partial charge in [-0.1, -0.05) is 0 Å². The van der Waals surface area contributed by atoms with E-state index in [1.54, 1.807) is 7.11 Å². The molecule has 3 aromatic carbocycles. The van der Waals surface area contributed by atoms with Crippen LogP contribution in [0.15, 0.2) is 42.6 Å². The summed E-state index contributed by atoms with van der Waals surface area (Å²) in [7, 11) is 1.69. The molecular weight excluding hydrogens is 288 g/mol. The number of hydrogen-bond donors (Lipinski definition) is 1. The molecule has 1 N–H and O–H groups in total. The van der Waals surface area contributed by atoms with E-state index in [0.717, 1.165) is 43.9 Å². The van der Waals surface area contributed by atoms with Gasteiger partial charge in [-0.15, -0.1) is 0 Å². The Morgan fingerprint density at radius 2 is 1.57 bits per heavy atom. The Hall–Kier alpha value is -2.75. The molecule has 0 amide bonds. The molecule has 1 heterocycles. The first kappa shape index (κ1) is 13.9. The molecule has 0 fully saturated rings. The van der Waals surface area contributed by atoms with Gasteiger partial charge in [-0.25, -0.2) is 0 Å². The molecule has 0 aliphatic rings. The fourth-order valence-corrected chi connectivity index (χ4v) is 3.11. The third-order valence-electron chi connectivity index (χ3n) is 4.08. The molecule has 4 rings (SSSR count). The Labute approximate surface area is 134 Å². The molecule has 4 aromatic rings. The third kappa shape index (κ3) is 2.18. The highest BCUT2D eigenvalue weighted by Crippen LogP contribution is 2.37. The Morgan fingerprint density at radius 1 is 0.870 bits per heavy atom. The average molecular weight is 306 g/mol. The number of aromatic amines is 1. The maximum absolute atomic E-state index is 5.86. The molecule has 4 nitrogen and oxygen atoms in total. The van der Waals surface area contributed by atoms with Gasteiger partial charge in [0, 0.05) is 10.8 Å². The Kier molecular flexibility index (Phi) is 3.11. The van der Waals surface area contributed by atoms with Gasteiger partial charge in [-0.05, 0) is 66.4 Å². The molecule has 0 unspecified atom stereocenters. The van der Waals surface area contributed by atoms with Gasteiger partial charge in [-0.2, -0.15) is 5.10 Å². The second-order valence-corrected chi connectivity index (χ2v) is 5.94. The van der Waals surface area contributed by atoms with E-state index in [0.29, 0.717) is 0 Å². The number of aromatic nitrogens is 2. The summed E-state index contributed by atoms with van der Waals surface area (Å²) in [6.45, 7) is 4.06. The zero-order chi connectivity index (χ0) is 16.0. The van der Waals surface area contributed by atoms with E-state index in [4.69, 9.17) is 9.47 Å². The minimum Gasteiger partial charge on any atom is -0.497 e. The fourth-order valence-electron chi connectivity index (χ4n) is 3.11. The van der Waals surface area contributed by atoms with Crippen molar-refractivity contribution in [1.82, 2.24) is 10.2 Å². The summed E-state index contributed by atoms with van der Waals surface area (Å²) in [6, 6.07) is 12.3. The van der Waals surface area contributed by atoms with Crippen LogP contribution in [0.1, 0.15) is 13.8 Å². The summed E-state index contributed by atoms with van der Waals surface area (Å²) in [6.07, 6.45) is 2.02. The quantitative estimate of drug-likeness (QED) is 0.560. The molecule has 0 radical (unpaired) electrons. The van der Waals surface area contributed by atoms with Crippen LogP contribution in [0.3, 0.4) is 0 Å². The van der Waals surface area contributed by atoms with Crippen molar-refractivity contribution in [2.75, 3.05) is 7.11 Å². The normalized spacial score (nSPS) is 11.7. The van der Waals surface area contributed by atoms with E-state index < -0.39 is 0 Å². The van der Waals surface area contributed by atoms with Crippen LogP contribution in [-0.2, 0) is 0 Å². The number of ether oxygens (including phenoxy) is 2. The van der Waals surface area contributed by atoms with Crippen LogP contribution in [0.5, 0.6) is 11.5 Å². The molecule has 0 aliphatic carbocycles. The van der Waals surface area contributed by atoms with Crippen LogP contribution in [0, 0.1) is 0 Å². The van der Waals surface area contributed by atoms with Crippen LogP contribution in [0.25, 0.3) is 32.4 Å². The van der Waals surface area contributed by atoms with Crippen LogP contribution < -0.4 is 9.47 Å². The van der Waals surface area contributed by atoms with E-state index >= 15 is 0 Å². The van der Waals surface area contributed by atoms with Crippen molar-refractivity contribution in [3.63, 3.8) is 0 Å². The standard InChI is InChI=1S/C19H18N2O2/c1-11(2)23-13-5-7-15-17(9-13)16-8-12(22-3)4-6-14(16)18-10-20-21-19(15)18/h4-11H,1-3H3,(H,20,21). The zero-order valence-electron chi connectivity index (χ0n) is 13.4. The minimum atomic E-state index is 0.143. The number of rotatable bonds is 3. The minimum absolute atomic E-state index is 0.143. The van der Waals surface area contributed by atoms with E-state index in [2.05, 4.69) is 34.5 Å². The predicted molar refractivity (Wildman–Crippen MR) is 93.4 cm³/mol. The van der Waals surface area contributed by atoms with Gasteiger partial charge in [0.25, 0.3) is 0 Å². The van der Waals surface area contributed by atoms with Crippen molar-refractivity contribution in [3.05, 3.63) is 42.6 Å². The Bertz CT molecular complexity index is 1020. The highest BCUT2D eigenvalue weighted by molar-refractivity contribution is 6.24. The Balaban J connectivity index is 2.14. The van der Waals surface area contributed by atoms with Gasteiger partial charge in [0.15, 0.2) is 0 Å². The molecule has 0 bridgehead atoms. The number of nitrogens with zero attached hydrogens (tertiary/aromatic N) is 1. The number of fused-ring (bicyclic) bond motifs is 6. The number of benzene rings is 3. The van der Waals surface area contributed by atoms with Gasteiger partial charge in [0.1, 0.15) is 11.5 Å². The smallest absolute Gasteiger partial charge is 0.120 e. The van der Waals surface area contributed by atoms with E-state index in [1.165, 1.54) is 0 Å². The van der Waals surface area contributed by atoms with Crippen molar-refractivity contribution in [3.8, 4) is 11.5 Å². The highest BCUT2D eigenvalue weighted by Gasteiger charge is 2.12. The molecule has 0 spiro atoms. The van der Waals surface area contributed by atoms with Crippen LogP contribution in [0.2, 0.25) is 0 Å². The molecule has 0 aliphatic heterocycles. The van der Waals surface area contributed by atoms with Crippen LogP contribution >= 0.6 is 0 Å². The summed E-state index contributed by atoms with van der Waals surface area (Å²) >= 11 is 0. The molecular formula is C19H18N2O2. The van der Waals surface area contributed by atoms with Gasteiger partial charge in [0.05, 0.1) is 24.9 Å². The second kappa shape index (κ2) is 5.16. The summed E-state index contributed by atoms with van der Waals surface area (Å²) in [5, 5.41) is 13.0. The maximum atomic E-state index is 5.86. The summed E-state index contributed by atoms with van der Waals surface area (Å²) in [5.41, 5.74) is 1.05. The van der Waals surface area contributed by atoms with E-state index in [-0.39, 0.29) is 6.10 Å². The lowest BCUT2D eigenvalue weighted by Crippen LogP contribution is -2.05. The number of H-pyrrole nitrogens is 1. The van der Waals surface area contributed by atoms with Crippen molar-refractivity contribution >= 4 is 32.4 Å². The van der Waals surface area contributed by atoms with Gasteiger partial charge < -0.3 is 9.47 Å². The molecule has 1 aromatic heterocycles. The molecule has 0 atom stereocenters. The topological polar surface area (TPSA) is 47.1 Å². The first-order valence-electron chi connectivity index (χ1n) is 7.70. The SMILES string of the molecule is COc1ccc2c(c1)c1cc(OC(C)C)ccc1c1[nH]ncc21. The summed E-state index contributed by atoms with van der Waals surface area (Å²) in [5.74, 6) is 1.72. The number of nitrogens with one attached hydrogen (secondary N) is 1. The fraction of sp³-hybridized carbons (Fsp3) is 0.211. The van der Waals surface area contributed by atoms with Crippen molar-refractivity contribution in [2.45, 2.75) is 20.0 Å². The summed E-state index contributed by atoms with van der Waals surface area (Å²) < 4.78 is 11.3. The molecule has 23 heavy (non-hydrogen) atoms. The summed E-state index contributed by atoms with van der Waals surface area (Å²) in [4.78, 5) is 0. The molecule has 116 valence electrons. The largest absolute Gasteiger partial charge is 0.497 e. The molecule has 4 heteroatoms. The lowest BCUT2D eigenvalue weighted by Gasteiger charge is -2.13. The molecule has 0 saturated heterocycles. The van der Waals surface area contributed by atoms with Crippen molar-refractivity contribution < 1.29 is 9.47 Å². The number of hydrogen-bond acceptors (Lipinski definition) is 3. The second-order valence-electron chi connectivity index (χ2n) is 5.94. The lowest BCUT2D eigenvalue weighted by molar-refractivity contribution is 0.243.